The zero-order chi connectivity index (χ0) is 13.3. The number of halogens is 2. The summed E-state index contributed by atoms with van der Waals surface area (Å²) in [5, 5.41) is 8.06. The van der Waals surface area contributed by atoms with Crippen molar-refractivity contribution in [1.29, 1.82) is 0 Å². The number of benzene rings is 1. The lowest BCUT2D eigenvalue weighted by Gasteiger charge is -2.13. The van der Waals surface area contributed by atoms with E-state index in [9.17, 15) is 4.39 Å². The maximum Gasteiger partial charge on any atom is 0.167 e. The first kappa shape index (κ1) is 13.2. The van der Waals surface area contributed by atoms with E-state index in [1.807, 2.05) is 18.4 Å². The van der Waals surface area contributed by atoms with Crippen LogP contribution in [0.15, 0.2) is 22.7 Å². The van der Waals surface area contributed by atoms with Crippen molar-refractivity contribution < 1.29 is 4.39 Å². The molecule has 1 heterocycles. The van der Waals surface area contributed by atoms with Crippen molar-refractivity contribution >= 4 is 15.9 Å². The Morgan fingerprint density at radius 2 is 2.11 bits per heavy atom. The van der Waals surface area contributed by atoms with Crippen molar-refractivity contribution in [2.75, 3.05) is 0 Å². The lowest BCUT2D eigenvalue weighted by atomic mass is 10.2. The van der Waals surface area contributed by atoms with Gasteiger partial charge in [0.1, 0.15) is 11.6 Å². The third-order valence-electron chi connectivity index (χ3n) is 2.66. The van der Waals surface area contributed by atoms with Crippen LogP contribution in [0.25, 0.3) is 11.4 Å². The molecular formula is C12H14BrFN4. The van der Waals surface area contributed by atoms with Gasteiger partial charge in [0.15, 0.2) is 5.82 Å². The molecule has 0 fully saturated rings. The monoisotopic (exact) mass is 312 g/mol. The first-order valence-electron chi connectivity index (χ1n) is 5.64. The predicted octanol–water partition coefficient (Wildman–Crippen LogP) is 2.89. The first-order valence-corrected chi connectivity index (χ1v) is 6.43. The van der Waals surface area contributed by atoms with E-state index in [1.165, 1.54) is 0 Å². The van der Waals surface area contributed by atoms with Crippen LogP contribution < -0.4 is 5.73 Å². The summed E-state index contributed by atoms with van der Waals surface area (Å²) in [6.45, 7) is 4.25. The van der Waals surface area contributed by atoms with Crippen LogP contribution in [0.3, 0.4) is 0 Å². The molecule has 18 heavy (non-hydrogen) atoms. The highest BCUT2D eigenvalue weighted by atomic mass is 79.9. The highest BCUT2D eigenvalue weighted by molar-refractivity contribution is 9.10. The molecule has 2 rings (SSSR count). The summed E-state index contributed by atoms with van der Waals surface area (Å²) in [6.07, 6.45) is 0. The van der Waals surface area contributed by atoms with Gasteiger partial charge in [0.2, 0.25) is 0 Å². The smallest absolute Gasteiger partial charge is 0.167 e. The zero-order valence-corrected chi connectivity index (χ0v) is 11.8. The zero-order valence-electron chi connectivity index (χ0n) is 10.2. The van der Waals surface area contributed by atoms with E-state index in [-0.39, 0.29) is 18.4 Å². The molecule has 0 spiro atoms. The number of nitrogens with two attached hydrogens (primary N) is 1. The number of nitrogens with zero attached hydrogens (tertiary/aromatic N) is 3. The summed E-state index contributed by atoms with van der Waals surface area (Å²) in [4.78, 5) is 0. The summed E-state index contributed by atoms with van der Waals surface area (Å²) < 4.78 is 16.3. The molecule has 0 atom stereocenters. The molecular weight excluding hydrogens is 299 g/mol. The second kappa shape index (κ2) is 5.16. The largest absolute Gasteiger partial charge is 0.324 e. The van der Waals surface area contributed by atoms with Crippen molar-refractivity contribution in [2.24, 2.45) is 5.73 Å². The van der Waals surface area contributed by atoms with Crippen molar-refractivity contribution in [3.8, 4) is 11.4 Å². The number of hydrogen-bond acceptors (Lipinski definition) is 3. The molecule has 2 aromatic rings. The molecule has 0 saturated carbocycles. The predicted molar refractivity (Wildman–Crippen MR) is 71.4 cm³/mol. The van der Waals surface area contributed by atoms with E-state index in [0.717, 1.165) is 0 Å². The fraction of sp³-hybridized carbons (Fsp3) is 0.333. The minimum atomic E-state index is -0.338. The van der Waals surface area contributed by atoms with Crippen molar-refractivity contribution in [1.82, 2.24) is 14.8 Å². The molecule has 0 aliphatic rings. The first-order chi connectivity index (χ1) is 8.56. The van der Waals surface area contributed by atoms with Crippen LogP contribution in [-0.2, 0) is 6.54 Å². The van der Waals surface area contributed by atoms with E-state index < -0.39 is 0 Å². The average Bonchev–Trinajstić information content (AvgIpc) is 2.76. The summed E-state index contributed by atoms with van der Waals surface area (Å²) in [5.74, 6) is 0.819. The van der Waals surface area contributed by atoms with Gasteiger partial charge in [-0.25, -0.2) is 4.39 Å². The van der Waals surface area contributed by atoms with E-state index in [2.05, 4.69) is 26.1 Å². The Labute approximate surface area is 113 Å². The standard InChI is InChI=1S/C12H14BrFN4/c1-7(2)18-10(6-15)16-17-12(18)8-4-3-5-9(13)11(8)14/h3-5,7H,6,15H2,1-2H3. The Balaban J connectivity index is 2.64. The van der Waals surface area contributed by atoms with Gasteiger partial charge in [-0.2, -0.15) is 0 Å². The van der Waals surface area contributed by atoms with E-state index >= 15 is 0 Å². The number of hydrogen-bond donors (Lipinski definition) is 1. The minimum Gasteiger partial charge on any atom is -0.324 e. The normalized spacial score (nSPS) is 11.2. The lowest BCUT2D eigenvalue weighted by molar-refractivity contribution is 0.568. The molecule has 0 aliphatic carbocycles. The molecule has 0 amide bonds. The Kier molecular flexibility index (Phi) is 3.77. The maximum atomic E-state index is 14.1. The second-order valence-electron chi connectivity index (χ2n) is 4.21. The van der Waals surface area contributed by atoms with Crippen LogP contribution in [0.1, 0.15) is 25.7 Å². The molecule has 0 radical (unpaired) electrons. The van der Waals surface area contributed by atoms with Crippen LogP contribution in [0.2, 0.25) is 0 Å². The SMILES string of the molecule is CC(C)n1c(CN)nnc1-c1cccc(Br)c1F. The quantitative estimate of drug-likeness (QED) is 0.948. The van der Waals surface area contributed by atoms with Crippen LogP contribution >= 0.6 is 15.9 Å². The topological polar surface area (TPSA) is 56.7 Å². The summed E-state index contributed by atoms with van der Waals surface area (Å²) in [6, 6.07) is 5.22. The van der Waals surface area contributed by atoms with Gasteiger partial charge >= 0.3 is 0 Å². The van der Waals surface area contributed by atoms with Crippen LogP contribution in [0.5, 0.6) is 0 Å². The third-order valence-corrected chi connectivity index (χ3v) is 3.27. The molecule has 1 aromatic heterocycles. The van der Waals surface area contributed by atoms with Gasteiger partial charge in [0.25, 0.3) is 0 Å². The van der Waals surface area contributed by atoms with Crippen molar-refractivity contribution in [2.45, 2.75) is 26.4 Å². The molecule has 96 valence electrons. The Hall–Kier alpha value is -1.27. The van der Waals surface area contributed by atoms with Gasteiger partial charge in [-0.1, -0.05) is 6.07 Å². The Morgan fingerprint density at radius 1 is 1.39 bits per heavy atom. The van der Waals surface area contributed by atoms with Gasteiger partial charge in [0, 0.05) is 6.04 Å². The van der Waals surface area contributed by atoms with Gasteiger partial charge < -0.3 is 10.3 Å². The Morgan fingerprint density at radius 3 is 2.72 bits per heavy atom. The highest BCUT2D eigenvalue weighted by Gasteiger charge is 2.18. The molecule has 2 N–H and O–H groups in total. The lowest BCUT2D eigenvalue weighted by Crippen LogP contribution is -2.12. The van der Waals surface area contributed by atoms with Gasteiger partial charge in [-0.15, -0.1) is 10.2 Å². The molecule has 4 nitrogen and oxygen atoms in total. The molecule has 6 heteroatoms. The Bertz CT molecular complexity index is 565. The molecule has 0 aliphatic heterocycles. The molecule has 0 bridgehead atoms. The molecule has 0 saturated heterocycles. The van der Waals surface area contributed by atoms with E-state index in [4.69, 9.17) is 5.73 Å². The van der Waals surface area contributed by atoms with Gasteiger partial charge in [-0.3, -0.25) is 0 Å². The number of aromatic nitrogens is 3. The average molecular weight is 313 g/mol. The minimum absolute atomic E-state index is 0.118. The van der Waals surface area contributed by atoms with Gasteiger partial charge in [-0.05, 0) is 41.9 Å². The number of rotatable bonds is 3. The molecule has 0 unspecified atom stereocenters. The van der Waals surface area contributed by atoms with Gasteiger partial charge in [0.05, 0.1) is 16.6 Å². The van der Waals surface area contributed by atoms with Crippen molar-refractivity contribution in [3.63, 3.8) is 0 Å². The van der Waals surface area contributed by atoms with E-state index in [1.54, 1.807) is 18.2 Å². The fourth-order valence-corrected chi connectivity index (χ4v) is 2.23. The fourth-order valence-electron chi connectivity index (χ4n) is 1.87. The van der Waals surface area contributed by atoms with Crippen LogP contribution in [0.4, 0.5) is 4.39 Å². The highest BCUT2D eigenvalue weighted by Crippen LogP contribution is 2.28. The van der Waals surface area contributed by atoms with Crippen molar-refractivity contribution in [3.05, 3.63) is 34.3 Å². The van der Waals surface area contributed by atoms with Crippen LogP contribution in [0, 0.1) is 5.82 Å². The van der Waals surface area contributed by atoms with Crippen LogP contribution in [-0.4, -0.2) is 14.8 Å². The maximum absolute atomic E-state index is 14.1. The van der Waals surface area contributed by atoms with E-state index in [0.29, 0.717) is 21.7 Å². The third kappa shape index (κ3) is 2.18. The second-order valence-corrected chi connectivity index (χ2v) is 5.06. The molecule has 1 aromatic carbocycles. The summed E-state index contributed by atoms with van der Waals surface area (Å²) in [5.41, 5.74) is 6.04. The summed E-state index contributed by atoms with van der Waals surface area (Å²) >= 11 is 3.17. The summed E-state index contributed by atoms with van der Waals surface area (Å²) in [7, 11) is 0.